The minimum Gasteiger partial charge on any atom is -0.493 e. The average molecular weight is 298 g/mol. The van der Waals surface area contributed by atoms with E-state index in [0.717, 1.165) is 5.56 Å². The highest BCUT2D eigenvalue weighted by Crippen LogP contribution is 2.27. The van der Waals surface area contributed by atoms with Crippen molar-refractivity contribution in [1.29, 1.82) is 0 Å². The van der Waals surface area contributed by atoms with Crippen LogP contribution < -0.4 is 14.8 Å². The third-order valence-corrected chi connectivity index (χ3v) is 2.92. The van der Waals surface area contributed by atoms with Crippen molar-refractivity contribution in [1.82, 2.24) is 10.2 Å². The van der Waals surface area contributed by atoms with E-state index in [1.54, 1.807) is 26.4 Å². The fourth-order valence-corrected chi connectivity index (χ4v) is 1.84. The van der Waals surface area contributed by atoms with Gasteiger partial charge < -0.3 is 29.9 Å². The van der Waals surface area contributed by atoms with E-state index < -0.39 is 0 Å². The van der Waals surface area contributed by atoms with Crippen molar-refractivity contribution in [3.8, 4) is 11.5 Å². The van der Waals surface area contributed by atoms with E-state index in [4.69, 9.17) is 19.7 Å². The molecule has 1 rings (SSSR count). The number of methoxy groups -OCH3 is 2. The number of carbonyl (C=O) groups excluding carboxylic acids is 1. The molecule has 3 N–H and O–H groups in total. The van der Waals surface area contributed by atoms with Crippen LogP contribution in [0.5, 0.6) is 11.5 Å². The van der Waals surface area contributed by atoms with Gasteiger partial charge in [0, 0.05) is 19.6 Å². The molecule has 0 atom stereocenters. The largest absolute Gasteiger partial charge is 0.493 e. The van der Waals surface area contributed by atoms with Gasteiger partial charge in [0.25, 0.3) is 0 Å². The summed E-state index contributed by atoms with van der Waals surface area (Å²) < 4.78 is 10.3. The summed E-state index contributed by atoms with van der Waals surface area (Å²) in [5, 5.41) is 20.5. The van der Waals surface area contributed by atoms with E-state index >= 15 is 0 Å². The molecule has 21 heavy (non-hydrogen) atoms. The Labute approximate surface area is 124 Å². The first kappa shape index (κ1) is 17.1. The average Bonchev–Trinajstić information content (AvgIpc) is 2.52. The van der Waals surface area contributed by atoms with Crippen molar-refractivity contribution in [3.63, 3.8) is 0 Å². The van der Waals surface area contributed by atoms with Crippen LogP contribution in [0, 0.1) is 0 Å². The maximum Gasteiger partial charge on any atom is 0.317 e. The summed E-state index contributed by atoms with van der Waals surface area (Å²) in [6.07, 6.45) is 0. The zero-order chi connectivity index (χ0) is 15.7. The highest BCUT2D eigenvalue weighted by Gasteiger charge is 2.12. The molecule has 1 aromatic rings. The molecule has 0 saturated heterocycles. The van der Waals surface area contributed by atoms with Crippen LogP contribution in [0.25, 0.3) is 0 Å². The van der Waals surface area contributed by atoms with E-state index in [-0.39, 0.29) is 32.3 Å². The molecule has 7 nitrogen and oxygen atoms in total. The number of benzene rings is 1. The van der Waals surface area contributed by atoms with Gasteiger partial charge in [-0.15, -0.1) is 0 Å². The molecule has 7 heteroatoms. The van der Waals surface area contributed by atoms with Crippen LogP contribution in [0.1, 0.15) is 5.56 Å². The second kappa shape index (κ2) is 9.04. The number of aliphatic hydroxyl groups excluding tert-OH is 2. The molecule has 2 amide bonds. The lowest BCUT2D eigenvalue weighted by Gasteiger charge is -2.21. The van der Waals surface area contributed by atoms with Crippen LogP contribution in [0.2, 0.25) is 0 Å². The van der Waals surface area contributed by atoms with Gasteiger partial charge in [-0.2, -0.15) is 0 Å². The Kier molecular flexibility index (Phi) is 7.34. The second-order valence-corrected chi connectivity index (χ2v) is 4.28. The normalized spacial score (nSPS) is 10.1. The van der Waals surface area contributed by atoms with Crippen LogP contribution in [0.3, 0.4) is 0 Å². The summed E-state index contributed by atoms with van der Waals surface area (Å²) in [6.45, 7) is 0.372. The summed E-state index contributed by atoms with van der Waals surface area (Å²) in [5.41, 5.74) is 0.856. The van der Waals surface area contributed by atoms with Crippen molar-refractivity contribution in [3.05, 3.63) is 23.8 Å². The molecule has 0 spiro atoms. The number of nitrogens with zero attached hydrogens (tertiary/aromatic N) is 1. The highest BCUT2D eigenvalue weighted by atomic mass is 16.5. The first-order valence-electron chi connectivity index (χ1n) is 6.61. The lowest BCUT2D eigenvalue weighted by Crippen LogP contribution is -2.42. The molecule has 118 valence electrons. The topological polar surface area (TPSA) is 91.3 Å². The Morgan fingerprint density at radius 3 is 2.29 bits per heavy atom. The van der Waals surface area contributed by atoms with Gasteiger partial charge in [0.05, 0.1) is 27.4 Å². The zero-order valence-electron chi connectivity index (χ0n) is 12.3. The second-order valence-electron chi connectivity index (χ2n) is 4.28. The molecule has 0 heterocycles. The molecule has 0 aliphatic heterocycles. The molecule has 0 bridgehead atoms. The van der Waals surface area contributed by atoms with Gasteiger partial charge in [0.2, 0.25) is 0 Å². The Morgan fingerprint density at radius 2 is 1.76 bits per heavy atom. The molecule has 0 aliphatic rings. The van der Waals surface area contributed by atoms with Crippen molar-refractivity contribution >= 4 is 6.03 Å². The molecule has 0 aliphatic carbocycles. The lowest BCUT2D eigenvalue weighted by molar-refractivity contribution is 0.158. The SMILES string of the molecule is COc1ccc(CNC(=O)N(CCO)CCO)cc1OC. The molecule has 1 aromatic carbocycles. The van der Waals surface area contributed by atoms with E-state index in [1.807, 2.05) is 6.07 Å². The van der Waals surface area contributed by atoms with Crippen molar-refractivity contribution < 1.29 is 24.5 Å². The van der Waals surface area contributed by atoms with Crippen LogP contribution >= 0.6 is 0 Å². The Balaban J connectivity index is 2.63. The quantitative estimate of drug-likeness (QED) is 0.638. The lowest BCUT2D eigenvalue weighted by atomic mass is 10.2. The summed E-state index contributed by atoms with van der Waals surface area (Å²) >= 11 is 0. The number of urea groups is 1. The van der Waals surface area contributed by atoms with Crippen LogP contribution in [-0.2, 0) is 6.54 Å². The first-order valence-corrected chi connectivity index (χ1v) is 6.61. The molecule has 0 fully saturated rings. The maximum absolute atomic E-state index is 11.9. The monoisotopic (exact) mass is 298 g/mol. The minimum absolute atomic E-state index is 0.149. The summed E-state index contributed by atoms with van der Waals surface area (Å²) in [7, 11) is 3.10. The first-order chi connectivity index (χ1) is 10.2. The smallest absolute Gasteiger partial charge is 0.317 e. The van der Waals surface area contributed by atoms with Gasteiger partial charge in [-0.1, -0.05) is 6.07 Å². The number of carbonyl (C=O) groups is 1. The van der Waals surface area contributed by atoms with Gasteiger partial charge in [-0.3, -0.25) is 0 Å². The summed E-state index contributed by atoms with van der Waals surface area (Å²) in [5.74, 6) is 1.21. The van der Waals surface area contributed by atoms with Crippen LogP contribution in [-0.4, -0.2) is 61.7 Å². The van der Waals surface area contributed by atoms with Gasteiger partial charge in [0.15, 0.2) is 11.5 Å². The van der Waals surface area contributed by atoms with E-state index in [0.29, 0.717) is 18.0 Å². The third-order valence-electron chi connectivity index (χ3n) is 2.92. The number of rotatable bonds is 8. The fourth-order valence-electron chi connectivity index (χ4n) is 1.84. The van der Waals surface area contributed by atoms with Gasteiger partial charge in [-0.25, -0.2) is 4.79 Å². The number of ether oxygens (including phenoxy) is 2. The minimum atomic E-state index is -0.340. The molecule has 0 unspecified atom stereocenters. The Hall–Kier alpha value is -1.99. The third kappa shape index (κ3) is 5.13. The van der Waals surface area contributed by atoms with Crippen molar-refractivity contribution in [2.45, 2.75) is 6.54 Å². The number of hydrogen-bond donors (Lipinski definition) is 3. The molecule has 0 aromatic heterocycles. The molecular formula is C14H22N2O5. The van der Waals surface area contributed by atoms with Gasteiger partial charge >= 0.3 is 6.03 Å². The Morgan fingerprint density at radius 1 is 1.14 bits per heavy atom. The summed E-state index contributed by atoms with van der Waals surface area (Å²) in [6, 6.07) is 5.03. The zero-order valence-corrected chi connectivity index (χ0v) is 12.3. The molecule has 0 radical (unpaired) electrons. The standard InChI is InChI=1S/C14H22N2O5/c1-20-12-4-3-11(9-13(12)21-2)10-15-14(19)16(5-7-17)6-8-18/h3-4,9,17-18H,5-8,10H2,1-2H3,(H,15,19). The Bertz CT molecular complexity index is 447. The van der Waals surface area contributed by atoms with Crippen molar-refractivity contribution in [2.75, 3.05) is 40.5 Å². The van der Waals surface area contributed by atoms with E-state index in [2.05, 4.69) is 5.32 Å². The number of amides is 2. The predicted octanol–water partition coefficient (Wildman–Crippen LogP) is 0.200. The van der Waals surface area contributed by atoms with Crippen molar-refractivity contribution in [2.24, 2.45) is 0 Å². The number of nitrogens with one attached hydrogen (secondary N) is 1. The number of hydrogen-bond acceptors (Lipinski definition) is 5. The maximum atomic E-state index is 11.9. The number of aliphatic hydroxyl groups is 2. The summed E-state index contributed by atoms with van der Waals surface area (Å²) in [4.78, 5) is 13.3. The van der Waals surface area contributed by atoms with Gasteiger partial charge in [-0.05, 0) is 17.7 Å². The highest BCUT2D eigenvalue weighted by molar-refractivity contribution is 5.74. The van der Waals surface area contributed by atoms with E-state index in [9.17, 15) is 4.79 Å². The van der Waals surface area contributed by atoms with Crippen LogP contribution in [0.4, 0.5) is 4.79 Å². The van der Waals surface area contributed by atoms with E-state index in [1.165, 1.54) is 4.90 Å². The molecular weight excluding hydrogens is 276 g/mol. The predicted molar refractivity (Wildman–Crippen MR) is 77.5 cm³/mol. The fraction of sp³-hybridized carbons (Fsp3) is 0.500. The van der Waals surface area contributed by atoms with Crippen LogP contribution in [0.15, 0.2) is 18.2 Å². The molecule has 0 saturated carbocycles. The van der Waals surface area contributed by atoms with Gasteiger partial charge in [0.1, 0.15) is 0 Å².